The summed E-state index contributed by atoms with van der Waals surface area (Å²) in [7, 11) is -3.67. The predicted octanol–water partition coefficient (Wildman–Crippen LogP) is 3.88. The summed E-state index contributed by atoms with van der Waals surface area (Å²) in [6.07, 6.45) is 0.988. The van der Waals surface area contributed by atoms with Crippen LogP contribution in [0, 0.1) is 23.2 Å². The van der Waals surface area contributed by atoms with Crippen LogP contribution in [0.1, 0.15) is 36.5 Å². The number of fused-ring (bicyclic) bond motifs is 1. The first-order valence-electron chi connectivity index (χ1n) is 11.2. The molecule has 0 spiro atoms. The summed E-state index contributed by atoms with van der Waals surface area (Å²) >= 11 is 0. The van der Waals surface area contributed by atoms with Crippen LogP contribution >= 0.6 is 0 Å². The van der Waals surface area contributed by atoms with Gasteiger partial charge in [0.05, 0.1) is 21.5 Å². The Kier molecular flexibility index (Phi) is 6.91. The number of piperidine rings is 1. The molecule has 1 aliphatic heterocycles. The number of benzene rings is 2. The van der Waals surface area contributed by atoms with E-state index < -0.39 is 28.4 Å². The molecule has 1 fully saturated rings. The summed E-state index contributed by atoms with van der Waals surface area (Å²) in [5.41, 5.74) is 1.31. The molecule has 1 aromatic heterocycles. The maximum atomic E-state index is 13.0. The number of nitriles is 1. The first-order chi connectivity index (χ1) is 16.7. The van der Waals surface area contributed by atoms with E-state index in [-0.39, 0.29) is 33.7 Å². The second kappa shape index (κ2) is 9.90. The molecule has 35 heavy (non-hydrogen) atoms. The number of sulfonamides is 1. The quantitative estimate of drug-likeness (QED) is 0.301. The Morgan fingerprint density at radius 2 is 1.83 bits per heavy atom. The van der Waals surface area contributed by atoms with Gasteiger partial charge in [0, 0.05) is 13.1 Å². The van der Waals surface area contributed by atoms with Gasteiger partial charge in [-0.05, 0) is 54.7 Å². The van der Waals surface area contributed by atoms with Crippen molar-refractivity contribution in [2.75, 3.05) is 19.7 Å². The van der Waals surface area contributed by atoms with E-state index in [0.717, 1.165) is 6.42 Å². The Morgan fingerprint density at radius 3 is 2.46 bits per heavy atom. The number of aliphatic hydroxyl groups is 1. The third kappa shape index (κ3) is 5.21. The van der Waals surface area contributed by atoms with Crippen molar-refractivity contribution in [3.63, 3.8) is 0 Å². The fraction of sp³-hybridized carbons (Fsp3) is 0.320. The zero-order valence-corrected chi connectivity index (χ0v) is 20.2. The number of aromatic nitrogens is 2. The van der Waals surface area contributed by atoms with Crippen LogP contribution in [0.5, 0.6) is 0 Å². The molecule has 3 aromatic rings. The van der Waals surface area contributed by atoms with Gasteiger partial charge in [0.2, 0.25) is 10.0 Å². The van der Waals surface area contributed by atoms with Crippen molar-refractivity contribution >= 4 is 32.6 Å². The number of carbonyl (C=O) groups excluding carboxylic acids is 1. The fourth-order valence-corrected chi connectivity index (χ4v) is 6.01. The standard InChI is InChI=1S/C25H26N4O5S/c1-16-11-17(2)14-29(13-16)35(32,33)19-9-7-18(8-10-19)25(31)34-15-23(30)20(12-26)24-27-21-5-3-4-6-22(21)28-24/h3-10,16-17,30H,11,13-15H2,1-2H3,(H,27,28). The number of carbonyl (C=O) groups is 1. The van der Waals surface area contributed by atoms with Crippen molar-refractivity contribution in [3.05, 3.63) is 65.7 Å². The molecule has 2 aromatic carbocycles. The normalized spacial score (nSPS) is 19.7. The van der Waals surface area contributed by atoms with E-state index in [4.69, 9.17) is 4.74 Å². The van der Waals surface area contributed by atoms with Crippen molar-refractivity contribution in [2.24, 2.45) is 11.8 Å². The van der Waals surface area contributed by atoms with Crippen LogP contribution in [0.25, 0.3) is 16.6 Å². The number of imidazole rings is 1. The van der Waals surface area contributed by atoms with Crippen LogP contribution in [-0.4, -0.2) is 53.5 Å². The number of H-pyrrole nitrogens is 1. The molecule has 0 amide bonds. The van der Waals surface area contributed by atoms with Gasteiger partial charge in [0.15, 0.2) is 11.6 Å². The van der Waals surface area contributed by atoms with Gasteiger partial charge in [-0.1, -0.05) is 26.0 Å². The smallest absolute Gasteiger partial charge is 0.338 e. The maximum Gasteiger partial charge on any atom is 0.338 e. The van der Waals surface area contributed by atoms with Gasteiger partial charge in [0.25, 0.3) is 0 Å². The van der Waals surface area contributed by atoms with Gasteiger partial charge in [-0.25, -0.2) is 18.2 Å². The SMILES string of the molecule is CC1CC(C)CN(S(=O)(=O)c2ccc(C(=O)OCC(O)=C(C#N)c3nc4ccccc4[nH]3)cc2)C1. The van der Waals surface area contributed by atoms with Crippen molar-refractivity contribution in [1.82, 2.24) is 14.3 Å². The first-order valence-corrected chi connectivity index (χ1v) is 12.7. The van der Waals surface area contributed by atoms with E-state index in [0.29, 0.717) is 24.1 Å². The molecule has 10 heteroatoms. The molecule has 0 radical (unpaired) electrons. The molecule has 0 aliphatic carbocycles. The molecular weight excluding hydrogens is 468 g/mol. The molecule has 0 saturated carbocycles. The van der Waals surface area contributed by atoms with E-state index in [1.165, 1.54) is 28.6 Å². The molecule has 2 unspecified atom stereocenters. The summed E-state index contributed by atoms with van der Waals surface area (Å²) in [6, 6.07) is 14.5. The van der Waals surface area contributed by atoms with Crippen LogP contribution < -0.4 is 0 Å². The van der Waals surface area contributed by atoms with Crippen molar-refractivity contribution in [1.29, 1.82) is 5.26 Å². The lowest BCUT2D eigenvalue weighted by Gasteiger charge is -2.34. The van der Waals surface area contributed by atoms with Crippen LogP contribution in [0.15, 0.2) is 59.2 Å². The Hall–Kier alpha value is -3.68. The van der Waals surface area contributed by atoms with Crippen LogP contribution in [-0.2, 0) is 14.8 Å². The van der Waals surface area contributed by atoms with Gasteiger partial charge in [-0.2, -0.15) is 9.57 Å². The Morgan fingerprint density at radius 1 is 1.17 bits per heavy atom. The van der Waals surface area contributed by atoms with Crippen molar-refractivity contribution in [2.45, 2.75) is 25.2 Å². The van der Waals surface area contributed by atoms with Crippen molar-refractivity contribution < 1.29 is 23.1 Å². The van der Waals surface area contributed by atoms with Gasteiger partial charge < -0.3 is 14.8 Å². The number of nitrogens with one attached hydrogen (secondary N) is 1. The minimum absolute atomic E-state index is 0.106. The summed E-state index contributed by atoms with van der Waals surface area (Å²) in [6.45, 7) is 4.46. The third-order valence-electron chi connectivity index (χ3n) is 5.93. The predicted molar refractivity (Wildman–Crippen MR) is 130 cm³/mol. The summed E-state index contributed by atoms with van der Waals surface area (Å²) in [5, 5.41) is 19.8. The number of aliphatic hydroxyl groups excluding tert-OH is 1. The van der Waals surface area contributed by atoms with Crippen LogP contribution in [0.2, 0.25) is 0 Å². The fourth-order valence-electron chi connectivity index (χ4n) is 4.33. The lowest BCUT2D eigenvalue weighted by Crippen LogP contribution is -2.42. The number of rotatable bonds is 6. The van der Waals surface area contributed by atoms with E-state index in [9.17, 15) is 23.6 Å². The van der Waals surface area contributed by atoms with Gasteiger partial charge in [-0.15, -0.1) is 0 Å². The van der Waals surface area contributed by atoms with E-state index in [1.807, 2.05) is 26.0 Å². The number of allylic oxidation sites excluding steroid dienone is 1. The van der Waals surface area contributed by atoms with Crippen molar-refractivity contribution in [3.8, 4) is 6.07 Å². The highest BCUT2D eigenvalue weighted by atomic mass is 32.2. The van der Waals surface area contributed by atoms with Gasteiger partial charge in [0.1, 0.15) is 18.2 Å². The molecule has 2 atom stereocenters. The molecular formula is C25H26N4O5S. The highest BCUT2D eigenvalue weighted by Gasteiger charge is 2.31. The average Bonchev–Trinajstić information content (AvgIpc) is 3.26. The monoisotopic (exact) mass is 494 g/mol. The zero-order valence-electron chi connectivity index (χ0n) is 19.4. The zero-order chi connectivity index (χ0) is 25.2. The molecule has 2 heterocycles. The maximum absolute atomic E-state index is 13.0. The number of aromatic amines is 1. The third-order valence-corrected chi connectivity index (χ3v) is 7.78. The molecule has 2 N–H and O–H groups in total. The summed E-state index contributed by atoms with van der Waals surface area (Å²) in [4.78, 5) is 19.8. The van der Waals surface area contributed by atoms with Crippen LogP contribution in [0.4, 0.5) is 0 Å². The number of hydrogen-bond acceptors (Lipinski definition) is 7. The highest BCUT2D eigenvalue weighted by molar-refractivity contribution is 7.89. The number of esters is 1. The number of hydrogen-bond donors (Lipinski definition) is 2. The largest absolute Gasteiger partial charge is 0.507 e. The second-order valence-electron chi connectivity index (χ2n) is 8.90. The first kappa shape index (κ1) is 24.4. The Balaban J connectivity index is 1.45. The molecule has 1 saturated heterocycles. The molecule has 182 valence electrons. The van der Waals surface area contributed by atoms with E-state index in [2.05, 4.69) is 9.97 Å². The van der Waals surface area contributed by atoms with E-state index in [1.54, 1.807) is 18.2 Å². The number of para-hydroxylation sites is 2. The highest BCUT2D eigenvalue weighted by Crippen LogP contribution is 2.27. The number of ether oxygens (including phenoxy) is 1. The van der Waals surface area contributed by atoms with E-state index >= 15 is 0 Å². The topological polar surface area (TPSA) is 136 Å². The lowest BCUT2D eigenvalue weighted by molar-refractivity contribution is 0.0502. The van der Waals surface area contributed by atoms with Gasteiger partial charge in [-0.3, -0.25) is 0 Å². The minimum Gasteiger partial charge on any atom is -0.507 e. The molecule has 9 nitrogen and oxygen atoms in total. The molecule has 1 aliphatic rings. The average molecular weight is 495 g/mol. The summed E-state index contributed by atoms with van der Waals surface area (Å²) < 4.78 is 32.7. The minimum atomic E-state index is -3.67. The number of nitrogens with zero attached hydrogens (tertiary/aromatic N) is 3. The Labute approximate surface area is 203 Å². The lowest BCUT2D eigenvalue weighted by atomic mass is 9.94. The molecule has 0 bridgehead atoms. The second-order valence-corrected chi connectivity index (χ2v) is 10.8. The van der Waals surface area contributed by atoms with Gasteiger partial charge >= 0.3 is 5.97 Å². The summed E-state index contributed by atoms with van der Waals surface area (Å²) in [5.74, 6) is -0.490. The molecule has 4 rings (SSSR count). The Bertz CT molecular complexity index is 1380. The van der Waals surface area contributed by atoms with Crippen LogP contribution in [0.3, 0.4) is 0 Å².